The predicted octanol–water partition coefficient (Wildman–Crippen LogP) is 8.01. The first kappa shape index (κ1) is 25.9. The zero-order valence-corrected chi connectivity index (χ0v) is 22.4. The SMILES string of the molecule is CCN(Cc1ccc(C)cc1)Cc1ccc(-c2ccc(CN(CC)Cc3ccc(C)cc3)cc2)cc1. The molecule has 0 atom stereocenters. The highest BCUT2D eigenvalue weighted by molar-refractivity contribution is 5.64. The van der Waals surface area contributed by atoms with Crippen LogP contribution in [0, 0.1) is 13.8 Å². The molecule has 2 heteroatoms. The molecule has 0 aliphatic carbocycles. The second kappa shape index (κ2) is 12.7. The Morgan fingerprint density at radius 1 is 0.389 bits per heavy atom. The molecule has 0 saturated carbocycles. The quantitative estimate of drug-likeness (QED) is 0.216. The van der Waals surface area contributed by atoms with Gasteiger partial charge in [-0.05, 0) is 60.3 Å². The number of nitrogens with zero attached hydrogens (tertiary/aromatic N) is 2. The third-order valence-electron chi connectivity index (χ3n) is 7.00. The van der Waals surface area contributed by atoms with Gasteiger partial charge in [-0.1, -0.05) is 122 Å². The average Bonchev–Trinajstić information content (AvgIpc) is 2.91. The Morgan fingerprint density at radius 3 is 0.889 bits per heavy atom. The summed E-state index contributed by atoms with van der Waals surface area (Å²) in [5.74, 6) is 0. The maximum atomic E-state index is 2.49. The van der Waals surface area contributed by atoms with Crippen molar-refractivity contribution in [1.29, 1.82) is 0 Å². The first-order chi connectivity index (χ1) is 17.5. The van der Waals surface area contributed by atoms with Crippen molar-refractivity contribution >= 4 is 0 Å². The van der Waals surface area contributed by atoms with Crippen LogP contribution < -0.4 is 0 Å². The molecule has 0 aliphatic heterocycles. The van der Waals surface area contributed by atoms with Crippen molar-refractivity contribution in [2.75, 3.05) is 13.1 Å². The summed E-state index contributed by atoms with van der Waals surface area (Å²) >= 11 is 0. The minimum absolute atomic E-state index is 0.970. The molecule has 36 heavy (non-hydrogen) atoms. The standard InChI is InChI=1S/C34H40N2/c1-5-35(23-29-11-7-27(3)8-12-29)25-31-15-19-33(20-16-31)34-21-17-32(18-22-34)26-36(6-2)24-30-13-9-28(4)10-14-30/h7-22H,5-6,23-26H2,1-4H3. The minimum Gasteiger partial charge on any atom is -0.295 e. The highest BCUT2D eigenvalue weighted by Crippen LogP contribution is 2.22. The molecule has 0 fully saturated rings. The fraction of sp³-hybridized carbons (Fsp3) is 0.294. The largest absolute Gasteiger partial charge is 0.295 e. The van der Waals surface area contributed by atoms with Gasteiger partial charge in [0.2, 0.25) is 0 Å². The van der Waals surface area contributed by atoms with Crippen LogP contribution in [0.2, 0.25) is 0 Å². The lowest BCUT2D eigenvalue weighted by Gasteiger charge is -2.21. The van der Waals surface area contributed by atoms with Crippen LogP contribution >= 0.6 is 0 Å². The first-order valence-corrected chi connectivity index (χ1v) is 13.3. The van der Waals surface area contributed by atoms with Crippen molar-refractivity contribution in [2.45, 2.75) is 53.9 Å². The van der Waals surface area contributed by atoms with Gasteiger partial charge in [0.05, 0.1) is 0 Å². The molecule has 0 N–H and O–H groups in total. The molecule has 0 bridgehead atoms. The fourth-order valence-corrected chi connectivity index (χ4v) is 4.58. The Hall–Kier alpha value is -3.20. The molecule has 186 valence electrons. The lowest BCUT2D eigenvalue weighted by Crippen LogP contribution is -2.22. The fourth-order valence-electron chi connectivity index (χ4n) is 4.58. The van der Waals surface area contributed by atoms with E-state index in [1.165, 1.54) is 44.5 Å². The molecule has 0 heterocycles. The summed E-state index contributed by atoms with van der Waals surface area (Å²) in [6.45, 7) is 14.7. The molecule has 0 spiro atoms. The highest BCUT2D eigenvalue weighted by atomic mass is 15.1. The zero-order chi connectivity index (χ0) is 25.3. The lowest BCUT2D eigenvalue weighted by atomic mass is 10.0. The van der Waals surface area contributed by atoms with Gasteiger partial charge in [0.15, 0.2) is 0 Å². The summed E-state index contributed by atoms with van der Waals surface area (Å²) in [4.78, 5) is 4.98. The van der Waals surface area contributed by atoms with E-state index in [4.69, 9.17) is 0 Å². The average molecular weight is 477 g/mol. The van der Waals surface area contributed by atoms with Crippen molar-refractivity contribution in [3.8, 4) is 11.1 Å². The van der Waals surface area contributed by atoms with Gasteiger partial charge in [0.1, 0.15) is 0 Å². The van der Waals surface area contributed by atoms with Gasteiger partial charge in [0, 0.05) is 26.2 Å². The number of hydrogen-bond donors (Lipinski definition) is 0. The topological polar surface area (TPSA) is 6.48 Å². The number of rotatable bonds is 11. The van der Waals surface area contributed by atoms with E-state index >= 15 is 0 Å². The molecule has 4 aromatic carbocycles. The van der Waals surface area contributed by atoms with Gasteiger partial charge in [0.25, 0.3) is 0 Å². The van der Waals surface area contributed by atoms with Crippen LogP contribution in [0.15, 0.2) is 97.1 Å². The third kappa shape index (κ3) is 7.40. The molecular weight excluding hydrogens is 436 g/mol. The van der Waals surface area contributed by atoms with E-state index in [2.05, 4.69) is 135 Å². The Morgan fingerprint density at radius 2 is 0.639 bits per heavy atom. The van der Waals surface area contributed by atoms with Crippen molar-refractivity contribution < 1.29 is 0 Å². The van der Waals surface area contributed by atoms with E-state index in [0.29, 0.717) is 0 Å². The van der Waals surface area contributed by atoms with E-state index in [-0.39, 0.29) is 0 Å². The summed E-state index contributed by atoms with van der Waals surface area (Å²) in [5.41, 5.74) is 10.7. The number of aryl methyl sites for hydroxylation is 2. The van der Waals surface area contributed by atoms with E-state index in [1.807, 2.05) is 0 Å². The maximum Gasteiger partial charge on any atom is 0.0237 e. The summed E-state index contributed by atoms with van der Waals surface area (Å²) in [6, 6.07) is 35.9. The van der Waals surface area contributed by atoms with Gasteiger partial charge in [-0.3, -0.25) is 9.80 Å². The third-order valence-corrected chi connectivity index (χ3v) is 7.00. The summed E-state index contributed by atoms with van der Waals surface area (Å²) in [6.07, 6.45) is 0. The molecule has 0 radical (unpaired) electrons. The van der Waals surface area contributed by atoms with E-state index < -0.39 is 0 Å². The van der Waals surface area contributed by atoms with E-state index in [0.717, 1.165) is 39.3 Å². The Labute approximate surface area is 218 Å². The predicted molar refractivity (Wildman–Crippen MR) is 154 cm³/mol. The van der Waals surface area contributed by atoms with Crippen LogP contribution in [0.1, 0.15) is 47.2 Å². The summed E-state index contributed by atoms with van der Waals surface area (Å²) in [5, 5.41) is 0. The second-order valence-corrected chi connectivity index (χ2v) is 9.97. The molecule has 2 nitrogen and oxygen atoms in total. The van der Waals surface area contributed by atoms with Crippen LogP contribution in [0.4, 0.5) is 0 Å². The van der Waals surface area contributed by atoms with Gasteiger partial charge in [-0.2, -0.15) is 0 Å². The van der Waals surface area contributed by atoms with Crippen LogP contribution in [0.5, 0.6) is 0 Å². The van der Waals surface area contributed by atoms with E-state index in [9.17, 15) is 0 Å². The van der Waals surface area contributed by atoms with Crippen LogP contribution in [-0.4, -0.2) is 22.9 Å². The molecule has 0 aromatic heterocycles. The van der Waals surface area contributed by atoms with Crippen LogP contribution in [0.25, 0.3) is 11.1 Å². The van der Waals surface area contributed by atoms with Crippen molar-refractivity contribution in [1.82, 2.24) is 9.80 Å². The van der Waals surface area contributed by atoms with Gasteiger partial charge in [-0.15, -0.1) is 0 Å². The van der Waals surface area contributed by atoms with Crippen LogP contribution in [0.3, 0.4) is 0 Å². The summed E-state index contributed by atoms with van der Waals surface area (Å²) in [7, 11) is 0. The molecule has 4 aromatic rings. The number of hydrogen-bond acceptors (Lipinski definition) is 2. The molecule has 0 aliphatic rings. The first-order valence-electron chi connectivity index (χ1n) is 13.3. The molecule has 0 amide bonds. The smallest absolute Gasteiger partial charge is 0.0237 e. The Balaban J connectivity index is 1.34. The van der Waals surface area contributed by atoms with Gasteiger partial charge >= 0.3 is 0 Å². The van der Waals surface area contributed by atoms with Crippen LogP contribution in [-0.2, 0) is 26.2 Å². The number of benzene rings is 4. The normalized spacial score (nSPS) is 11.4. The van der Waals surface area contributed by atoms with Crippen molar-refractivity contribution in [3.05, 3.63) is 130 Å². The van der Waals surface area contributed by atoms with Crippen molar-refractivity contribution in [3.63, 3.8) is 0 Å². The Kier molecular flexibility index (Phi) is 9.11. The highest BCUT2D eigenvalue weighted by Gasteiger charge is 2.08. The van der Waals surface area contributed by atoms with E-state index in [1.54, 1.807) is 0 Å². The zero-order valence-electron chi connectivity index (χ0n) is 22.4. The second-order valence-electron chi connectivity index (χ2n) is 9.97. The molecule has 0 unspecified atom stereocenters. The lowest BCUT2D eigenvalue weighted by molar-refractivity contribution is 0.271. The molecular formula is C34H40N2. The minimum atomic E-state index is 0.970. The monoisotopic (exact) mass is 476 g/mol. The van der Waals surface area contributed by atoms with Crippen molar-refractivity contribution in [2.24, 2.45) is 0 Å². The summed E-state index contributed by atoms with van der Waals surface area (Å²) < 4.78 is 0. The molecule has 4 rings (SSSR count). The Bertz CT molecular complexity index is 1090. The maximum absolute atomic E-state index is 2.49. The molecule has 0 saturated heterocycles. The van der Waals surface area contributed by atoms with Gasteiger partial charge < -0.3 is 0 Å². The van der Waals surface area contributed by atoms with Gasteiger partial charge in [-0.25, -0.2) is 0 Å².